The lowest BCUT2D eigenvalue weighted by Crippen LogP contribution is -2.57. The van der Waals surface area contributed by atoms with Crippen molar-refractivity contribution in [2.24, 2.45) is 0 Å². The molecule has 0 atom stereocenters. The highest BCUT2D eigenvalue weighted by atomic mass is 19.4. The van der Waals surface area contributed by atoms with Gasteiger partial charge in [0, 0.05) is 17.8 Å². The first kappa shape index (κ1) is 17.7. The molecule has 0 fully saturated rings. The summed E-state index contributed by atoms with van der Waals surface area (Å²) < 4.78 is 87.0. The highest BCUT2D eigenvalue weighted by Gasteiger charge is 2.76. The van der Waals surface area contributed by atoms with Gasteiger partial charge in [0.2, 0.25) is 0 Å². The maximum atomic E-state index is 13.0. The molecule has 0 saturated heterocycles. The van der Waals surface area contributed by atoms with Crippen molar-refractivity contribution >= 4 is 17.3 Å². The van der Waals surface area contributed by atoms with Gasteiger partial charge in [0.05, 0.1) is 4.92 Å². The second kappa shape index (κ2) is 5.42. The molecule has 1 amide bonds. The van der Waals surface area contributed by atoms with Crippen molar-refractivity contribution in [3.8, 4) is 0 Å². The number of carbonyl (C=O) groups is 1. The van der Waals surface area contributed by atoms with Crippen LogP contribution in [0, 0.1) is 10.1 Å². The molecule has 0 bridgehead atoms. The average Bonchev–Trinajstić information content (AvgIpc) is 2.37. The Morgan fingerprint density at radius 3 is 2.09 bits per heavy atom. The van der Waals surface area contributed by atoms with Gasteiger partial charge in [0.1, 0.15) is 0 Å². The summed E-state index contributed by atoms with van der Waals surface area (Å²) in [4.78, 5) is 20.4. The third kappa shape index (κ3) is 3.09. The minimum atomic E-state index is -6.66. The molecule has 1 N–H and O–H groups in total. The Morgan fingerprint density at radius 1 is 1.09 bits per heavy atom. The molecule has 1 aromatic rings. The van der Waals surface area contributed by atoms with Crippen LogP contribution >= 0.6 is 0 Å². The van der Waals surface area contributed by atoms with Gasteiger partial charge in [-0.3, -0.25) is 14.9 Å². The molecule has 12 heteroatoms. The lowest BCUT2D eigenvalue weighted by atomic mass is 10.1. The van der Waals surface area contributed by atoms with E-state index in [1.54, 1.807) is 0 Å². The number of nitro groups is 1. The summed E-state index contributed by atoms with van der Waals surface area (Å²) in [6.45, 7) is 0. The topological polar surface area (TPSA) is 72.2 Å². The average molecular weight is 334 g/mol. The molecule has 0 aliphatic carbocycles. The number of anilines is 1. The third-order valence-corrected chi connectivity index (χ3v) is 2.35. The molecule has 1 rings (SSSR count). The SMILES string of the molecule is O=C(Nc1cccc([N+](=O)[O-])c1)C(F)(F)C(F)(F)C(F)(F)F. The quantitative estimate of drug-likeness (QED) is 0.521. The van der Waals surface area contributed by atoms with E-state index < -0.39 is 40.2 Å². The number of rotatable bonds is 4. The van der Waals surface area contributed by atoms with E-state index in [0.717, 1.165) is 23.5 Å². The van der Waals surface area contributed by atoms with E-state index in [0.29, 0.717) is 6.07 Å². The Labute approximate surface area is 116 Å². The molecular formula is C10H5F7N2O3. The third-order valence-electron chi connectivity index (χ3n) is 2.35. The molecule has 0 saturated carbocycles. The summed E-state index contributed by atoms with van der Waals surface area (Å²) in [6, 6.07) is 3.11. The zero-order valence-corrected chi connectivity index (χ0v) is 10.1. The fourth-order valence-electron chi connectivity index (χ4n) is 1.23. The molecule has 22 heavy (non-hydrogen) atoms. The standard InChI is InChI=1S/C10H5F7N2O3/c11-8(12,9(13,14)10(15,16)17)7(20)18-5-2-1-3-6(4-5)19(21)22/h1-4H,(H,18,20). The molecule has 0 spiro atoms. The summed E-state index contributed by atoms with van der Waals surface area (Å²) >= 11 is 0. The monoisotopic (exact) mass is 334 g/mol. The predicted octanol–water partition coefficient (Wildman–Crippen LogP) is 3.37. The van der Waals surface area contributed by atoms with Gasteiger partial charge in [0.25, 0.3) is 5.69 Å². The number of nitrogens with zero attached hydrogens (tertiary/aromatic N) is 1. The summed E-state index contributed by atoms with van der Waals surface area (Å²) in [6.07, 6.45) is -6.66. The number of amides is 1. The summed E-state index contributed by atoms with van der Waals surface area (Å²) in [5, 5.41) is 11.5. The fraction of sp³-hybridized carbons (Fsp3) is 0.300. The molecule has 0 aliphatic rings. The number of benzene rings is 1. The highest BCUT2D eigenvalue weighted by Crippen LogP contribution is 2.46. The molecule has 0 aliphatic heterocycles. The van der Waals surface area contributed by atoms with Crippen molar-refractivity contribution in [2.45, 2.75) is 18.0 Å². The Balaban J connectivity index is 3.06. The van der Waals surface area contributed by atoms with Crippen LogP contribution in [0.5, 0.6) is 0 Å². The molecule has 122 valence electrons. The van der Waals surface area contributed by atoms with Gasteiger partial charge >= 0.3 is 23.9 Å². The number of alkyl halides is 7. The van der Waals surface area contributed by atoms with Crippen molar-refractivity contribution in [3.05, 3.63) is 34.4 Å². The molecule has 5 nitrogen and oxygen atoms in total. The van der Waals surface area contributed by atoms with Crippen LogP contribution in [-0.4, -0.2) is 28.9 Å². The highest BCUT2D eigenvalue weighted by molar-refractivity contribution is 5.97. The van der Waals surface area contributed by atoms with Gasteiger partial charge in [-0.05, 0) is 6.07 Å². The van der Waals surface area contributed by atoms with Gasteiger partial charge < -0.3 is 5.32 Å². The number of hydrogen-bond acceptors (Lipinski definition) is 3. The van der Waals surface area contributed by atoms with Crippen LogP contribution in [0.1, 0.15) is 0 Å². The summed E-state index contributed by atoms with van der Waals surface area (Å²) in [5.41, 5.74) is -1.43. The summed E-state index contributed by atoms with van der Waals surface area (Å²) in [7, 11) is 0. The van der Waals surface area contributed by atoms with Crippen LogP contribution in [0.4, 0.5) is 42.1 Å². The smallest absolute Gasteiger partial charge is 0.320 e. The number of halogens is 7. The van der Waals surface area contributed by atoms with E-state index in [1.165, 1.54) is 0 Å². The lowest BCUT2D eigenvalue weighted by Gasteiger charge is -2.26. The Morgan fingerprint density at radius 2 is 1.64 bits per heavy atom. The maximum Gasteiger partial charge on any atom is 0.460 e. The Bertz CT molecular complexity index is 600. The summed E-state index contributed by atoms with van der Waals surface area (Å²) in [5.74, 6) is -15.7. The first-order valence-electron chi connectivity index (χ1n) is 5.19. The van der Waals surface area contributed by atoms with Crippen molar-refractivity contribution in [1.82, 2.24) is 0 Å². The van der Waals surface area contributed by atoms with Crippen LogP contribution in [-0.2, 0) is 4.79 Å². The van der Waals surface area contributed by atoms with Crippen LogP contribution in [0.3, 0.4) is 0 Å². The molecule has 0 heterocycles. The first-order chi connectivity index (χ1) is 9.80. The Kier molecular flexibility index (Phi) is 4.35. The molecule has 0 radical (unpaired) electrons. The van der Waals surface area contributed by atoms with E-state index in [-0.39, 0.29) is 0 Å². The van der Waals surface area contributed by atoms with Crippen LogP contribution in [0.15, 0.2) is 24.3 Å². The van der Waals surface area contributed by atoms with E-state index in [4.69, 9.17) is 0 Å². The molecule has 0 aromatic heterocycles. The fourth-order valence-corrected chi connectivity index (χ4v) is 1.23. The first-order valence-corrected chi connectivity index (χ1v) is 5.19. The van der Waals surface area contributed by atoms with E-state index >= 15 is 0 Å². The molecule has 0 unspecified atom stereocenters. The van der Waals surface area contributed by atoms with Crippen molar-refractivity contribution < 1.29 is 40.5 Å². The minimum absolute atomic E-state index is 0.514. The van der Waals surface area contributed by atoms with Crippen molar-refractivity contribution in [2.75, 3.05) is 5.32 Å². The zero-order valence-electron chi connectivity index (χ0n) is 10.1. The van der Waals surface area contributed by atoms with Gasteiger partial charge in [0.15, 0.2) is 0 Å². The predicted molar refractivity (Wildman–Crippen MR) is 57.7 cm³/mol. The molecule has 1 aromatic carbocycles. The largest absolute Gasteiger partial charge is 0.460 e. The van der Waals surface area contributed by atoms with Crippen LogP contribution < -0.4 is 5.32 Å². The van der Waals surface area contributed by atoms with Crippen LogP contribution in [0.2, 0.25) is 0 Å². The van der Waals surface area contributed by atoms with Gasteiger partial charge in [-0.25, -0.2) is 0 Å². The van der Waals surface area contributed by atoms with Crippen LogP contribution in [0.25, 0.3) is 0 Å². The number of carbonyl (C=O) groups excluding carboxylic acids is 1. The lowest BCUT2D eigenvalue weighted by molar-refractivity contribution is -0.384. The number of nitro benzene ring substituents is 1. The number of hydrogen-bond donors (Lipinski definition) is 1. The normalized spacial score (nSPS) is 12.9. The van der Waals surface area contributed by atoms with Gasteiger partial charge in [-0.1, -0.05) is 6.07 Å². The zero-order chi connectivity index (χ0) is 17.3. The number of non-ortho nitro benzene ring substituents is 1. The van der Waals surface area contributed by atoms with Crippen molar-refractivity contribution in [3.63, 3.8) is 0 Å². The van der Waals surface area contributed by atoms with Gasteiger partial charge in [-0.15, -0.1) is 0 Å². The van der Waals surface area contributed by atoms with Crippen molar-refractivity contribution in [1.29, 1.82) is 0 Å². The second-order valence-electron chi connectivity index (χ2n) is 3.91. The second-order valence-corrected chi connectivity index (χ2v) is 3.91. The van der Waals surface area contributed by atoms with E-state index in [9.17, 15) is 45.6 Å². The van der Waals surface area contributed by atoms with Gasteiger partial charge in [-0.2, -0.15) is 30.7 Å². The van der Waals surface area contributed by atoms with E-state index in [2.05, 4.69) is 0 Å². The molecular weight excluding hydrogens is 329 g/mol. The Hall–Kier alpha value is -2.40. The number of nitrogens with one attached hydrogen (secondary N) is 1. The minimum Gasteiger partial charge on any atom is -0.320 e. The maximum absolute atomic E-state index is 13.0. The van der Waals surface area contributed by atoms with E-state index in [1.807, 2.05) is 0 Å².